The molecule has 0 unspecified atom stereocenters. The van der Waals surface area contributed by atoms with Crippen molar-refractivity contribution in [3.05, 3.63) is 0 Å². The standard InChI is InChI=1S/C15H26O4/c1-9(8-16)10-4-6-14(2)11(17)5-7-15(3,19)13(14)12(10)18/h9-10,12-13,16,18-19H,4-8H2,1-3H3/t9-,10+,12+,13-,14+,15-/m1/s1. The van der Waals surface area contributed by atoms with Gasteiger partial charge in [-0.2, -0.15) is 0 Å². The summed E-state index contributed by atoms with van der Waals surface area (Å²) in [6.07, 6.45) is 1.52. The fraction of sp³-hybridized carbons (Fsp3) is 0.933. The van der Waals surface area contributed by atoms with Crippen molar-refractivity contribution in [2.24, 2.45) is 23.2 Å². The first-order chi connectivity index (χ1) is 8.74. The van der Waals surface area contributed by atoms with Crippen LogP contribution in [0.25, 0.3) is 0 Å². The maximum Gasteiger partial charge on any atom is 0.139 e. The van der Waals surface area contributed by atoms with Gasteiger partial charge in [0.1, 0.15) is 5.78 Å². The average Bonchev–Trinajstić information content (AvgIpc) is 2.33. The van der Waals surface area contributed by atoms with Gasteiger partial charge in [-0.05, 0) is 38.0 Å². The zero-order chi connectivity index (χ0) is 14.4. The largest absolute Gasteiger partial charge is 0.396 e. The normalized spacial score (nSPS) is 48.7. The van der Waals surface area contributed by atoms with Crippen molar-refractivity contribution in [2.75, 3.05) is 6.61 Å². The Hall–Kier alpha value is -0.450. The lowest BCUT2D eigenvalue weighted by atomic mass is 9.51. The average molecular weight is 270 g/mol. The summed E-state index contributed by atoms with van der Waals surface area (Å²) in [5.41, 5.74) is -1.62. The molecule has 4 nitrogen and oxygen atoms in total. The van der Waals surface area contributed by atoms with Gasteiger partial charge in [0.25, 0.3) is 0 Å². The van der Waals surface area contributed by atoms with Crippen molar-refractivity contribution in [3.8, 4) is 0 Å². The predicted molar refractivity (Wildman–Crippen MR) is 71.4 cm³/mol. The number of hydrogen-bond acceptors (Lipinski definition) is 4. The summed E-state index contributed by atoms with van der Waals surface area (Å²) in [5, 5.41) is 30.6. The number of carbonyl (C=O) groups is 1. The van der Waals surface area contributed by atoms with Gasteiger partial charge in [-0.3, -0.25) is 4.79 Å². The minimum Gasteiger partial charge on any atom is -0.396 e. The fourth-order valence-corrected chi connectivity index (χ4v) is 4.35. The third-order valence-corrected chi connectivity index (χ3v) is 5.65. The SMILES string of the molecule is C[C@H](CO)[C@@H]1CC[C@@]2(C)C(=O)CC[C@@](C)(O)[C@@H]2[C@H]1O. The Morgan fingerprint density at radius 3 is 2.58 bits per heavy atom. The molecule has 19 heavy (non-hydrogen) atoms. The number of aliphatic hydroxyl groups excluding tert-OH is 2. The maximum absolute atomic E-state index is 12.3. The smallest absolute Gasteiger partial charge is 0.139 e. The minimum absolute atomic E-state index is 0.00706. The molecular weight excluding hydrogens is 244 g/mol. The van der Waals surface area contributed by atoms with Crippen LogP contribution in [0, 0.1) is 23.2 Å². The van der Waals surface area contributed by atoms with Gasteiger partial charge < -0.3 is 15.3 Å². The van der Waals surface area contributed by atoms with Crippen molar-refractivity contribution in [3.63, 3.8) is 0 Å². The van der Waals surface area contributed by atoms with Crippen molar-refractivity contribution >= 4 is 5.78 Å². The van der Waals surface area contributed by atoms with Crippen LogP contribution in [0.3, 0.4) is 0 Å². The molecule has 2 rings (SSSR count). The summed E-state index contributed by atoms with van der Waals surface area (Å²) < 4.78 is 0. The second-order valence-corrected chi connectivity index (χ2v) is 7.03. The molecule has 2 aliphatic rings. The van der Waals surface area contributed by atoms with E-state index in [-0.39, 0.29) is 24.2 Å². The van der Waals surface area contributed by atoms with E-state index in [1.54, 1.807) is 6.92 Å². The molecule has 0 radical (unpaired) electrons. The highest BCUT2D eigenvalue weighted by molar-refractivity contribution is 5.86. The lowest BCUT2D eigenvalue weighted by Gasteiger charge is -2.56. The molecule has 3 N–H and O–H groups in total. The second-order valence-electron chi connectivity index (χ2n) is 7.03. The van der Waals surface area contributed by atoms with Crippen LogP contribution in [-0.2, 0) is 4.79 Å². The van der Waals surface area contributed by atoms with Crippen LogP contribution < -0.4 is 0 Å². The molecule has 0 aromatic rings. The van der Waals surface area contributed by atoms with E-state index in [4.69, 9.17) is 0 Å². The van der Waals surface area contributed by atoms with E-state index in [0.29, 0.717) is 19.3 Å². The predicted octanol–water partition coefficient (Wildman–Crippen LogP) is 1.12. The molecule has 0 amide bonds. The van der Waals surface area contributed by atoms with Crippen molar-refractivity contribution < 1.29 is 20.1 Å². The molecule has 0 saturated heterocycles. The van der Waals surface area contributed by atoms with Crippen LogP contribution in [0.15, 0.2) is 0 Å². The molecule has 0 spiro atoms. The van der Waals surface area contributed by atoms with E-state index in [1.165, 1.54) is 0 Å². The van der Waals surface area contributed by atoms with Gasteiger partial charge in [0.05, 0.1) is 11.7 Å². The highest BCUT2D eigenvalue weighted by Gasteiger charge is 2.59. The quantitative estimate of drug-likeness (QED) is 0.703. The van der Waals surface area contributed by atoms with E-state index in [2.05, 4.69) is 0 Å². The summed E-state index contributed by atoms with van der Waals surface area (Å²) in [5.74, 6) is -0.306. The Morgan fingerprint density at radius 1 is 1.37 bits per heavy atom. The van der Waals surface area contributed by atoms with E-state index >= 15 is 0 Å². The monoisotopic (exact) mass is 270 g/mol. The Kier molecular flexibility index (Phi) is 3.80. The first-order valence-electron chi connectivity index (χ1n) is 7.28. The Labute approximate surface area is 114 Å². The first-order valence-corrected chi connectivity index (χ1v) is 7.28. The summed E-state index contributed by atoms with van der Waals surface area (Å²) in [6, 6.07) is 0. The van der Waals surface area contributed by atoms with Gasteiger partial charge in [-0.1, -0.05) is 13.8 Å². The summed E-state index contributed by atoms with van der Waals surface area (Å²) in [6.45, 7) is 5.56. The molecular formula is C15H26O4. The van der Waals surface area contributed by atoms with Crippen LogP contribution in [-0.4, -0.2) is 39.4 Å². The van der Waals surface area contributed by atoms with Gasteiger partial charge in [0.2, 0.25) is 0 Å². The maximum atomic E-state index is 12.3. The summed E-state index contributed by atoms with van der Waals surface area (Å²) >= 11 is 0. The highest BCUT2D eigenvalue weighted by Crippen LogP contribution is 2.54. The molecule has 2 aliphatic carbocycles. The third-order valence-electron chi connectivity index (χ3n) is 5.65. The Balaban J connectivity index is 2.34. The molecule has 0 aromatic heterocycles. The lowest BCUT2D eigenvalue weighted by molar-refractivity contribution is -0.191. The third kappa shape index (κ3) is 2.24. The van der Waals surface area contributed by atoms with Crippen molar-refractivity contribution in [2.45, 2.75) is 58.2 Å². The molecule has 0 aliphatic heterocycles. The lowest BCUT2D eigenvalue weighted by Crippen LogP contribution is -2.62. The van der Waals surface area contributed by atoms with E-state index < -0.39 is 23.0 Å². The van der Waals surface area contributed by atoms with Crippen molar-refractivity contribution in [1.29, 1.82) is 0 Å². The molecule has 4 heteroatoms. The van der Waals surface area contributed by atoms with E-state index in [0.717, 1.165) is 6.42 Å². The zero-order valence-corrected chi connectivity index (χ0v) is 12.1. The number of fused-ring (bicyclic) bond motifs is 1. The Morgan fingerprint density at radius 2 is 2.00 bits per heavy atom. The molecule has 110 valence electrons. The molecule has 2 fully saturated rings. The molecule has 0 bridgehead atoms. The van der Waals surface area contributed by atoms with Crippen LogP contribution >= 0.6 is 0 Å². The van der Waals surface area contributed by atoms with Crippen LogP contribution in [0.1, 0.15) is 46.5 Å². The summed E-state index contributed by atoms with van der Waals surface area (Å²) in [4.78, 5) is 12.3. The number of rotatable bonds is 2. The number of aliphatic hydroxyl groups is 3. The molecule has 6 atom stereocenters. The van der Waals surface area contributed by atoms with Gasteiger partial charge in [-0.25, -0.2) is 0 Å². The number of carbonyl (C=O) groups excluding carboxylic acids is 1. The zero-order valence-electron chi connectivity index (χ0n) is 12.1. The van der Waals surface area contributed by atoms with Gasteiger partial charge in [0.15, 0.2) is 0 Å². The topological polar surface area (TPSA) is 77.8 Å². The van der Waals surface area contributed by atoms with Crippen molar-refractivity contribution in [1.82, 2.24) is 0 Å². The van der Waals surface area contributed by atoms with Crippen LogP contribution in [0.4, 0.5) is 0 Å². The first kappa shape index (κ1) is 14.9. The number of hydrogen-bond donors (Lipinski definition) is 3. The molecule has 0 aromatic carbocycles. The number of ketones is 1. The van der Waals surface area contributed by atoms with Gasteiger partial charge in [0, 0.05) is 24.4 Å². The second kappa shape index (κ2) is 4.83. The number of Topliss-reactive ketones (excluding diaryl/α,β-unsaturated/α-hetero) is 1. The molecule has 0 heterocycles. The minimum atomic E-state index is -1.00. The van der Waals surface area contributed by atoms with Crippen LogP contribution in [0.5, 0.6) is 0 Å². The summed E-state index contributed by atoms with van der Waals surface area (Å²) in [7, 11) is 0. The fourth-order valence-electron chi connectivity index (χ4n) is 4.35. The van der Waals surface area contributed by atoms with E-state index in [1.807, 2.05) is 13.8 Å². The highest BCUT2D eigenvalue weighted by atomic mass is 16.3. The van der Waals surface area contributed by atoms with Crippen LogP contribution in [0.2, 0.25) is 0 Å². The Bertz CT molecular complexity index is 365. The van der Waals surface area contributed by atoms with Gasteiger partial charge in [-0.15, -0.1) is 0 Å². The molecule has 2 saturated carbocycles. The van der Waals surface area contributed by atoms with Gasteiger partial charge >= 0.3 is 0 Å². The van der Waals surface area contributed by atoms with E-state index in [9.17, 15) is 20.1 Å².